The van der Waals surface area contributed by atoms with Crippen LogP contribution in [0, 0.1) is 0 Å². The van der Waals surface area contributed by atoms with Gasteiger partial charge in [-0.1, -0.05) is 19.3 Å². The van der Waals surface area contributed by atoms with Crippen LogP contribution in [-0.4, -0.2) is 28.9 Å². The van der Waals surface area contributed by atoms with Crippen molar-refractivity contribution in [2.45, 2.75) is 50.2 Å². The number of aliphatic hydroxyl groups excluding tert-OH is 1. The zero-order valence-electron chi connectivity index (χ0n) is 10.4. The molecule has 1 fully saturated rings. The minimum absolute atomic E-state index is 0.332. The van der Waals surface area contributed by atoms with Crippen LogP contribution >= 0.6 is 0 Å². The molecule has 0 spiro atoms. The highest BCUT2D eigenvalue weighted by Crippen LogP contribution is 2.35. The maximum Gasteiger partial charge on any atom is 0.0939 e. The lowest BCUT2D eigenvalue weighted by Crippen LogP contribution is -2.46. The molecule has 0 aromatic carbocycles. The van der Waals surface area contributed by atoms with Crippen LogP contribution in [0.5, 0.6) is 0 Å². The highest BCUT2D eigenvalue weighted by molar-refractivity contribution is 5.12. The first-order valence-corrected chi connectivity index (χ1v) is 6.39. The first kappa shape index (κ1) is 12.5. The van der Waals surface area contributed by atoms with Crippen molar-refractivity contribution in [2.24, 2.45) is 0 Å². The summed E-state index contributed by atoms with van der Waals surface area (Å²) >= 11 is 0. The van der Waals surface area contributed by atoms with E-state index in [1.165, 1.54) is 6.42 Å². The molecule has 3 nitrogen and oxygen atoms in total. The van der Waals surface area contributed by atoms with E-state index < -0.39 is 6.10 Å². The van der Waals surface area contributed by atoms with Crippen molar-refractivity contribution in [1.29, 1.82) is 0 Å². The molecule has 0 aliphatic heterocycles. The molecule has 0 saturated heterocycles. The topological polar surface area (TPSA) is 42.4 Å². The molecule has 0 amide bonds. The molecule has 3 heteroatoms. The van der Waals surface area contributed by atoms with E-state index in [1.54, 1.807) is 19.5 Å². The summed E-state index contributed by atoms with van der Waals surface area (Å²) in [5, 5.41) is 10.4. The monoisotopic (exact) mass is 235 g/mol. The number of rotatable bonds is 4. The molecule has 1 saturated carbocycles. The van der Waals surface area contributed by atoms with Crippen molar-refractivity contribution in [2.75, 3.05) is 7.11 Å². The van der Waals surface area contributed by atoms with E-state index in [9.17, 15) is 5.11 Å². The molecule has 1 aliphatic rings. The highest BCUT2D eigenvalue weighted by Gasteiger charge is 2.38. The first-order valence-electron chi connectivity index (χ1n) is 6.39. The van der Waals surface area contributed by atoms with Crippen LogP contribution in [0.15, 0.2) is 24.5 Å². The molecule has 1 heterocycles. The Hall–Kier alpha value is -0.930. The number of nitrogens with zero attached hydrogens (tertiary/aromatic N) is 1. The minimum Gasteiger partial charge on any atom is -0.390 e. The highest BCUT2D eigenvalue weighted by atomic mass is 16.5. The fraction of sp³-hybridized carbons (Fsp3) is 0.643. The summed E-state index contributed by atoms with van der Waals surface area (Å²) < 4.78 is 5.65. The lowest BCUT2D eigenvalue weighted by atomic mass is 9.78. The van der Waals surface area contributed by atoms with Crippen molar-refractivity contribution in [3.05, 3.63) is 30.1 Å². The molecule has 0 bridgehead atoms. The average molecular weight is 235 g/mol. The Morgan fingerprint density at radius 3 is 2.53 bits per heavy atom. The average Bonchev–Trinajstić information content (AvgIpc) is 2.40. The van der Waals surface area contributed by atoms with Crippen LogP contribution in [0.4, 0.5) is 0 Å². The summed E-state index contributed by atoms with van der Waals surface area (Å²) in [5.41, 5.74) is 0.788. The fourth-order valence-corrected chi connectivity index (χ4v) is 2.75. The van der Waals surface area contributed by atoms with Gasteiger partial charge in [0, 0.05) is 25.9 Å². The van der Waals surface area contributed by atoms with Crippen LogP contribution in [0.25, 0.3) is 0 Å². The summed E-state index contributed by atoms with van der Waals surface area (Å²) in [5.74, 6) is 0. The van der Waals surface area contributed by atoms with E-state index in [4.69, 9.17) is 4.74 Å². The third kappa shape index (κ3) is 2.85. The van der Waals surface area contributed by atoms with Crippen LogP contribution < -0.4 is 0 Å². The van der Waals surface area contributed by atoms with Gasteiger partial charge in [0.2, 0.25) is 0 Å². The molecule has 94 valence electrons. The van der Waals surface area contributed by atoms with Gasteiger partial charge in [0.05, 0.1) is 11.7 Å². The van der Waals surface area contributed by atoms with Crippen molar-refractivity contribution >= 4 is 0 Å². The molecule has 1 atom stereocenters. The molecule has 2 rings (SSSR count). The van der Waals surface area contributed by atoms with Gasteiger partial charge >= 0.3 is 0 Å². The number of hydrogen-bond donors (Lipinski definition) is 1. The van der Waals surface area contributed by atoms with Gasteiger partial charge in [0.15, 0.2) is 0 Å². The Kier molecular flexibility index (Phi) is 4.13. The standard InChI is InChI=1S/C14H21NO2/c1-17-14(7-3-2-4-8-14)13(16)11-12-5-9-15-10-6-12/h5-6,9-10,13,16H,2-4,7-8,11H2,1H3. The van der Waals surface area contributed by atoms with Gasteiger partial charge in [-0.15, -0.1) is 0 Å². The van der Waals surface area contributed by atoms with Crippen LogP contribution in [0.1, 0.15) is 37.7 Å². The Labute approximate surface area is 103 Å². The molecule has 1 aromatic heterocycles. The zero-order chi connectivity index (χ0) is 12.1. The molecule has 17 heavy (non-hydrogen) atoms. The Balaban J connectivity index is 2.04. The third-order valence-corrected chi connectivity index (χ3v) is 3.89. The number of aliphatic hydroxyl groups is 1. The maximum atomic E-state index is 10.4. The largest absolute Gasteiger partial charge is 0.390 e. The van der Waals surface area contributed by atoms with Gasteiger partial charge in [0.25, 0.3) is 0 Å². The van der Waals surface area contributed by atoms with E-state index in [-0.39, 0.29) is 5.60 Å². The lowest BCUT2D eigenvalue weighted by Gasteiger charge is -2.40. The van der Waals surface area contributed by atoms with Gasteiger partial charge in [-0.3, -0.25) is 4.98 Å². The molecule has 1 unspecified atom stereocenters. The summed E-state index contributed by atoms with van der Waals surface area (Å²) in [7, 11) is 1.72. The second-order valence-electron chi connectivity index (χ2n) is 4.90. The molecule has 1 aromatic rings. The van der Waals surface area contributed by atoms with Gasteiger partial charge < -0.3 is 9.84 Å². The van der Waals surface area contributed by atoms with E-state index in [1.807, 2.05) is 12.1 Å². The van der Waals surface area contributed by atoms with Crippen LogP contribution in [-0.2, 0) is 11.2 Å². The number of methoxy groups -OCH3 is 1. The number of hydrogen-bond acceptors (Lipinski definition) is 3. The van der Waals surface area contributed by atoms with Crippen LogP contribution in [0.2, 0.25) is 0 Å². The lowest BCUT2D eigenvalue weighted by molar-refractivity contribution is -0.122. The predicted molar refractivity (Wildman–Crippen MR) is 66.8 cm³/mol. The maximum absolute atomic E-state index is 10.4. The normalized spacial score (nSPS) is 21.1. The van der Waals surface area contributed by atoms with E-state index in [0.717, 1.165) is 31.2 Å². The molecular weight excluding hydrogens is 214 g/mol. The van der Waals surface area contributed by atoms with Gasteiger partial charge in [-0.25, -0.2) is 0 Å². The second kappa shape index (κ2) is 5.61. The number of pyridine rings is 1. The van der Waals surface area contributed by atoms with Crippen LogP contribution in [0.3, 0.4) is 0 Å². The number of ether oxygens (including phenoxy) is 1. The Morgan fingerprint density at radius 1 is 1.29 bits per heavy atom. The smallest absolute Gasteiger partial charge is 0.0939 e. The van der Waals surface area contributed by atoms with Crippen molar-refractivity contribution in [1.82, 2.24) is 4.98 Å². The molecular formula is C14H21NO2. The quantitative estimate of drug-likeness (QED) is 0.871. The van der Waals surface area contributed by atoms with Crippen molar-refractivity contribution < 1.29 is 9.84 Å². The summed E-state index contributed by atoms with van der Waals surface area (Å²) in [4.78, 5) is 3.99. The van der Waals surface area contributed by atoms with Crippen molar-refractivity contribution in [3.8, 4) is 0 Å². The van der Waals surface area contributed by atoms with Crippen molar-refractivity contribution in [3.63, 3.8) is 0 Å². The predicted octanol–water partition coefficient (Wildman–Crippen LogP) is 2.33. The SMILES string of the molecule is COC1(C(O)Cc2ccncc2)CCCCC1. The van der Waals surface area contributed by atoms with E-state index >= 15 is 0 Å². The van der Waals surface area contributed by atoms with E-state index in [0.29, 0.717) is 6.42 Å². The molecule has 0 radical (unpaired) electrons. The van der Waals surface area contributed by atoms with Gasteiger partial charge in [0.1, 0.15) is 0 Å². The third-order valence-electron chi connectivity index (χ3n) is 3.89. The molecule has 1 N–H and O–H groups in total. The zero-order valence-corrected chi connectivity index (χ0v) is 10.4. The second-order valence-corrected chi connectivity index (χ2v) is 4.90. The Bertz CT molecular complexity index is 333. The minimum atomic E-state index is -0.421. The fourth-order valence-electron chi connectivity index (χ4n) is 2.75. The Morgan fingerprint density at radius 2 is 1.94 bits per heavy atom. The molecule has 1 aliphatic carbocycles. The van der Waals surface area contributed by atoms with E-state index in [2.05, 4.69) is 4.98 Å². The summed E-state index contributed by atoms with van der Waals surface area (Å²) in [6.07, 6.45) is 9.26. The van der Waals surface area contributed by atoms with Gasteiger partial charge in [-0.05, 0) is 30.5 Å². The summed E-state index contributed by atoms with van der Waals surface area (Å²) in [6, 6.07) is 3.91. The summed E-state index contributed by atoms with van der Waals surface area (Å²) in [6.45, 7) is 0. The number of aromatic nitrogens is 1. The van der Waals surface area contributed by atoms with Gasteiger partial charge in [-0.2, -0.15) is 0 Å². The first-order chi connectivity index (χ1) is 8.27.